The van der Waals surface area contributed by atoms with Crippen molar-refractivity contribution in [3.8, 4) is 0 Å². The highest BCUT2D eigenvalue weighted by Gasteiger charge is 2.32. The third kappa shape index (κ3) is 4.67. The van der Waals surface area contributed by atoms with Crippen LogP contribution in [-0.2, 0) is 0 Å². The summed E-state index contributed by atoms with van der Waals surface area (Å²) < 4.78 is 0. The van der Waals surface area contributed by atoms with Gasteiger partial charge in [-0.1, -0.05) is 31.0 Å². The average Bonchev–Trinajstić information content (AvgIpc) is 3.24. The molecular weight excluding hydrogens is 318 g/mol. The van der Waals surface area contributed by atoms with Crippen LogP contribution in [0.5, 0.6) is 0 Å². The fourth-order valence-electron chi connectivity index (χ4n) is 3.68. The van der Waals surface area contributed by atoms with Gasteiger partial charge in [0.1, 0.15) is 0 Å². The fraction of sp³-hybridized carbons (Fsp3) is 0.632. The molecule has 1 aliphatic heterocycles. The molecule has 2 N–H and O–H groups in total. The first-order valence-electron chi connectivity index (χ1n) is 9.04. The molecule has 0 spiro atoms. The summed E-state index contributed by atoms with van der Waals surface area (Å²) in [5, 5.41) is 13.9. The third-order valence-electron chi connectivity index (χ3n) is 5.14. The Hall–Kier alpha value is -1.20. The molecule has 1 saturated heterocycles. The Labute approximate surface area is 149 Å². The molecular formula is C19H29N3OS. The molecule has 0 bridgehead atoms. The van der Waals surface area contributed by atoms with Gasteiger partial charge in [-0.25, -0.2) is 0 Å². The minimum Gasteiger partial charge on any atom is -0.388 e. The van der Waals surface area contributed by atoms with Crippen molar-refractivity contribution in [3.63, 3.8) is 0 Å². The van der Waals surface area contributed by atoms with Crippen molar-refractivity contribution >= 4 is 17.7 Å². The Morgan fingerprint density at radius 1 is 1.33 bits per heavy atom. The van der Waals surface area contributed by atoms with Crippen molar-refractivity contribution in [3.05, 3.63) is 30.3 Å². The molecule has 5 heteroatoms. The van der Waals surface area contributed by atoms with E-state index in [1.165, 1.54) is 11.3 Å². The number of aliphatic hydroxyl groups is 1. The van der Waals surface area contributed by atoms with Crippen molar-refractivity contribution in [2.24, 2.45) is 10.9 Å². The molecule has 24 heavy (non-hydrogen) atoms. The summed E-state index contributed by atoms with van der Waals surface area (Å²) in [7, 11) is 1.84. The first-order valence-corrected chi connectivity index (χ1v) is 10.0. The SMILES string of the molecule is CN=C(NCC1(O)CCCC1)N1CCC(CSc2ccccc2)C1. The molecule has 1 aromatic rings. The van der Waals surface area contributed by atoms with E-state index >= 15 is 0 Å². The van der Waals surface area contributed by atoms with Crippen molar-refractivity contribution in [2.45, 2.75) is 42.6 Å². The number of benzene rings is 1. The maximum absolute atomic E-state index is 10.5. The Morgan fingerprint density at radius 2 is 2.08 bits per heavy atom. The standard InChI is InChI=1S/C19H29N3OS/c1-20-18(21-15-19(23)10-5-6-11-19)22-12-9-16(13-22)14-24-17-7-3-2-4-8-17/h2-4,7-8,16,23H,5-6,9-15H2,1H3,(H,20,21). The summed E-state index contributed by atoms with van der Waals surface area (Å²) in [6, 6.07) is 10.6. The van der Waals surface area contributed by atoms with Gasteiger partial charge in [-0.05, 0) is 37.3 Å². The van der Waals surface area contributed by atoms with E-state index in [4.69, 9.17) is 0 Å². The molecule has 132 valence electrons. The van der Waals surface area contributed by atoms with Gasteiger partial charge in [0, 0.05) is 37.3 Å². The van der Waals surface area contributed by atoms with E-state index in [0.29, 0.717) is 12.5 Å². The van der Waals surface area contributed by atoms with Crippen LogP contribution in [-0.4, -0.2) is 54.0 Å². The van der Waals surface area contributed by atoms with Crippen LogP contribution in [0.1, 0.15) is 32.1 Å². The largest absolute Gasteiger partial charge is 0.388 e. The summed E-state index contributed by atoms with van der Waals surface area (Å²) in [6.07, 6.45) is 5.31. The molecule has 0 aromatic heterocycles. The van der Waals surface area contributed by atoms with E-state index in [-0.39, 0.29) is 0 Å². The Morgan fingerprint density at radius 3 is 2.79 bits per heavy atom. The van der Waals surface area contributed by atoms with E-state index < -0.39 is 5.60 Å². The van der Waals surface area contributed by atoms with Gasteiger partial charge in [-0.2, -0.15) is 0 Å². The van der Waals surface area contributed by atoms with Crippen LogP contribution in [0.2, 0.25) is 0 Å². The molecule has 0 amide bonds. The Kier molecular flexibility index (Phi) is 6.06. The average molecular weight is 348 g/mol. The lowest BCUT2D eigenvalue weighted by Gasteiger charge is -2.27. The van der Waals surface area contributed by atoms with Gasteiger partial charge in [-0.15, -0.1) is 11.8 Å². The molecule has 2 fully saturated rings. The lowest BCUT2D eigenvalue weighted by Crippen LogP contribution is -2.47. The summed E-state index contributed by atoms with van der Waals surface area (Å²) in [4.78, 5) is 8.12. The van der Waals surface area contributed by atoms with E-state index in [0.717, 1.165) is 50.5 Å². The minimum absolute atomic E-state index is 0.530. The first-order chi connectivity index (χ1) is 11.7. The smallest absolute Gasteiger partial charge is 0.193 e. The summed E-state index contributed by atoms with van der Waals surface area (Å²) in [6.45, 7) is 2.73. The summed E-state index contributed by atoms with van der Waals surface area (Å²) in [5.41, 5.74) is -0.530. The van der Waals surface area contributed by atoms with Crippen molar-refractivity contribution in [2.75, 3.05) is 32.4 Å². The first kappa shape index (κ1) is 17.6. The monoisotopic (exact) mass is 347 g/mol. The van der Waals surface area contributed by atoms with Gasteiger partial charge in [-0.3, -0.25) is 4.99 Å². The normalized spacial score (nSPS) is 23.7. The van der Waals surface area contributed by atoms with Gasteiger partial charge >= 0.3 is 0 Å². The highest BCUT2D eigenvalue weighted by atomic mass is 32.2. The predicted octanol–water partition coefficient (Wildman–Crippen LogP) is 2.98. The van der Waals surface area contributed by atoms with Crippen LogP contribution in [0.25, 0.3) is 0 Å². The zero-order chi connectivity index (χ0) is 16.8. The second-order valence-electron chi connectivity index (χ2n) is 7.06. The summed E-state index contributed by atoms with van der Waals surface area (Å²) >= 11 is 1.95. The highest BCUT2D eigenvalue weighted by molar-refractivity contribution is 7.99. The van der Waals surface area contributed by atoms with Gasteiger partial charge in [0.05, 0.1) is 5.60 Å². The maximum atomic E-state index is 10.5. The number of aliphatic imine (C=N–C) groups is 1. The number of rotatable bonds is 5. The second kappa shape index (κ2) is 8.26. The minimum atomic E-state index is -0.530. The molecule has 2 aliphatic rings. The van der Waals surface area contributed by atoms with E-state index in [2.05, 4.69) is 45.5 Å². The summed E-state index contributed by atoms with van der Waals surface area (Å²) in [5.74, 6) is 2.80. The molecule has 1 unspecified atom stereocenters. The second-order valence-corrected chi connectivity index (χ2v) is 8.15. The number of guanidine groups is 1. The highest BCUT2D eigenvalue weighted by Crippen LogP contribution is 2.29. The van der Waals surface area contributed by atoms with Crippen LogP contribution < -0.4 is 5.32 Å². The van der Waals surface area contributed by atoms with Gasteiger partial charge in [0.15, 0.2) is 5.96 Å². The van der Waals surface area contributed by atoms with Crippen LogP contribution in [0.4, 0.5) is 0 Å². The number of nitrogens with one attached hydrogen (secondary N) is 1. The molecule has 1 aromatic carbocycles. The van der Waals surface area contributed by atoms with Gasteiger partial charge in [0.2, 0.25) is 0 Å². The Bertz CT molecular complexity index is 543. The maximum Gasteiger partial charge on any atom is 0.193 e. The predicted molar refractivity (Wildman–Crippen MR) is 102 cm³/mol. The molecule has 0 radical (unpaired) electrons. The number of thioether (sulfide) groups is 1. The van der Waals surface area contributed by atoms with Crippen molar-refractivity contribution < 1.29 is 5.11 Å². The van der Waals surface area contributed by atoms with Gasteiger partial charge < -0.3 is 15.3 Å². The molecule has 3 rings (SSSR count). The molecule has 1 aliphatic carbocycles. The topological polar surface area (TPSA) is 47.9 Å². The van der Waals surface area contributed by atoms with Crippen LogP contribution >= 0.6 is 11.8 Å². The number of nitrogens with zero attached hydrogens (tertiary/aromatic N) is 2. The quantitative estimate of drug-likeness (QED) is 0.488. The number of likely N-dealkylation sites (tertiary alicyclic amines) is 1. The number of hydrogen-bond acceptors (Lipinski definition) is 3. The van der Waals surface area contributed by atoms with Gasteiger partial charge in [0.25, 0.3) is 0 Å². The van der Waals surface area contributed by atoms with E-state index in [1.807, 2.05) is 18.8 Å². The zero-order valence-electron chi connectivity index (χ0n) is 14.6. The fourth-order valence-corrected chi connectivity index (χ4v) is 4.73. The van der Waals surface area contributed by atoms with E-state index in [1.54, 1.807) is 0 Å². The van der Waals surface area contributed by atoms with Crippen LogP contribution in [0.3, 0.4) is 0 Å². The third-order valence-corrected chi connectivity index (χ3v) is 6.38. The lowest BCUT2D eigenvalue weighted by atomic mass is 10.0. The van der Waals surface area contributed by atoms with Crippen LogP contribution in [0, 0.1) is 5.92 Å². The molecule has 1 atom stereocenters. The van der Waals surface area contributed by atoms with Crippen molar-refractivity contribution in [1.29, 1.82) is 0 Å². The van der Waals surface area contributed by atoms with Crippen LogP contribution in [0.15, 0.2) is 40.2 Å². The lowest BCUT2D eigenvalue weighted by molar-refractivity contribution is 0.0516. The molecule has 1 saturated carbocycles. The zero-order valence-corrected chi connectivity index (χ0v) is 15.4. The molecule has 4 nitrogen and oxygen atoms in total. The Balaban J connectivity index is 1.45. The van der Waals surface area contributed by atoms with Crippen molar-refractivity contribution in [1.82, 2.24) is 10.2 Å². The number of hydrogen-bond donors (Lipinski definition) is 2. The van der Waals surface area contributed by atoms with E-state index in [9.17, 15) is 5.11 Å². The molecule has 1 heterocycles.